The molecule has 0 aliphatic carbocycles. The summed E-state index contributed by atoms with van der Waals surface area (Å²) in [5.41, 5.74) is 0.321. The van der Waals surface area contributed by atoms with Crippen molar-refractivity contribution in [3.63, 3.8) is 0 Å². The van der Waals surface area contributed by atoms with E-state index >= 15 is 0 Å². The van der Waals surface area contributed by atoms with Gasteiger partial charge in [-0.15, -0.1) is 0 Å². The predicted molar refractivity (Wildman–Crippen MR) is 85.8 cm³/mol. The molecule has 1 N–H and O–H groups in total. The second-order valence-electron chi connectivity index (χ2n) is 7.65. The van der Waals surface area contributed by atoms with Gasteiger partial charge >= 0.3 is 0 Å². The summed E-state index contributed by atoms with van der Waals surface area (Å²) in [6.45, 7) is 15.7. The summed E-state index contributed by atoms with van der Waals surface area (Å²) in [4.78, 5) is 2.45. The van der Waals surface area contributed by atoms with Gasteiger partial charge in [-0.3, -0.25) is 4.90 Å². The average molecular weight is 305 g/mol. The minimum Gasteiger partial charge on any atom is -0.310 e. The molecule has 1 atom stereocenters. The summed E-state index contributed by atoms with van der Waals surface area (Å²) < 4.78 is 23.2. The zero-order chi connectivity index (χ0) is 15.6. The summed E-state index contributed by atoms with van der Waals surface area (Å²) in [6.07, 6.45) is 0.733. The molecule has 1 heterocycles. The Morgan fingerprint density at radius 1 is 1.30 bits per heavy atom. The first-order valence-corrected chi connectivity index (χ1v) is 9.49. The Hall–Kier alpha value is -0.130. The molecule has 1 aliphatic heterocycles. The average Bonchev–Trinajstić information content (AvgIpc) is 2.29. The van der Waals surface area contributed by atoms with Crippen LogP contribution in [-0.4, -0.2) is 56.0 Å². The highest BCUT2D eigenvalue weighted by Gasteiger charge is 2.37. The van der Waals surface area contributed by atoms with Gasteiger partial charge in [-0.1, -0.05) is 27.7 Å². The van der Waals surface area contributed by atoms with E-state index in [2.05, 4.69) is 44.8 Å². The number of hydrogen-bond donors (Lipinski definition) is 1. The lowest BCUT2D eigenvalue weighted by molar-refractivity contribution is 0.0363. The van der Waals surface area contributed by atoms with Crippen LogP contribution in [0.3, 0.4) is 0 Å². The first-order chi connectivity index (χ1) is 8.98. The van der Waals surface area contributed by atoms with Crippen molar-refractivity contribution in [1.29, 1.82) is 0 Å². The minimum absolute atomic E-state index is 0.0950. The van der Waals surface area contributed by atoms with Crippen LogP contribution in [0, 0.1) is 5.41 Å². The molecule has 0 aromatic heterocycles. The minimum atomic E-state index is -2.84. The maximum atomic E-state index is 11.6. The number of hydrogen-bond acceptors (Lipinski definition) is 4. The van der Waals surface area contributed by atoms with E-state index in [4.69, 9.17) is 0 Å². The first kappa shape index (κ1) is 17.9. The van der Waals surface area contributed by atoms with E-state index in [0.29, 0.717) is 11.8 Å². The van der Waals surface area contributed by atoms with Crippen LogP contribution in [-0.2, 0) is 9.84 Å². The summed E-state index contributed by atoms with van der Waals surface area (Å²) in [6, 6.07) is 0.457. The first-order valence-electron chi connectivity index (χ1n) is 7.67. The van der Waals surface area contributed by atoms with Crippen LogP contribution in [0.15, 0.2) is 0 Å². The smallest absolute Gasteiger partial charge is 0.150 e. The largest absolute Gasteiger partial charge is 0.310 e. The Kier molecular flexibility index (Phi) is 5.67. The molecule has 1 fully saturated rings. The van der Waals surface area contributed by atoms with E-state index < -0.39 is 9.84 Å². The van der Waals surface area contributed by atoms with E-state index in [0.717, 1.165) is 26.1 Å². The van der Waals surface area contributed by atoms with Crippen LogP contribution in [0.5, 0.6) is 0 Å². The number of sulfone groups is 1. The van der Waals surface area contributed by atoms with Crippen molar-refractivity contribution in [1.82, 2.24) is 10.2 Å². The van der Waals surface area contributed by atoms with Crippen molar-refractivity contribution in [3.05, 3.63) is 0 Å². The van der Waals surface area contributed by atoms with Crippen LogP contribution >= 0.6 is 0 Å². The summed E-state index contributed by atoms with van der Waals surface area (Å²) in [5, 5.41) is 3.64. The maximum Gasteiger partial charge on any atom is 0.150 e. The predicted octanol–water partition coefficient (Wildman–Crippen LogP) is 1.91. The van der Waals surface area contributed by atoms with Crippen molar-refractivity contribution in [2.45, 2.75) is 59.5 Å². The fourth-order valence-corrected chi connectivity index (χ4v) is 3.47. The molecular weight excluding hydrogens is 272 g/mol. The van der Waals surface area contributed by atoms with Crippen LogP contribution < -0.4 is 5.32 Å². The molecule has 1 rings (SSSR count). The monoisotopic (exact) mass is 304 g/mol. The van der Waals surface area contributed by atoms with Crippen LogP contribution in [0.4, 0.5) is 0 Å². The molecule has 1 saturated heterocycles. The third kappa shape index (κ3) is 5.01. The Labute approximate surface area is 125 Å². The van der Waals surface area contributed by atoms with Gasteiger partial charge in [-0.25, -0.2) is 8.42 Å². The van der Waals surface area contributed by atoms with E-state index in [1.165, 1.54) is 0 Å². The zero-order valence-electron chi connectivity index (χ0n) is 14.0. The number of piperazine rings is 1. The Morgan fingerprint density at radius 2 is 1.90 bits per heavy atom. The van der Waals surface area contributed by atoms with Crippen LogP contribution in [0.1, 0.15) is 48.0 Å². The molecule has 0 spiro atoms. The molecule has 120 valence electrons. The van der Waals surface area contributed by atoms with E-state index in [1.54, 1.807) is 6.92 Å². The van der Waals surface area contributed by atoms with Gasteiger partial charge in [-0.05, 0) is 32.2 Å². The highest BCUT2D eigenvalue weighted by atomic mass is 32.2. The highest BCUT2D eigenvalue weighted by Crippen LogP contribution is 2.27. The number of rotatable bonds is 5. The lowest BCUT2D eigenvalue weighted by Gasteiger charge is -2.49. The number of nitrogens with zero attached hydrogens (tertiary/aromatic N) is 1. The summed E-state index contributed by atoms with van der Waals surface area (Å²) >= 11 is 0. The van der Waals surface area contributed by atoms with Gasteiger partial charge < -0.3 is 5.32 Å². The van der Waals surface area contributed by atoms with Crippen LogP contribution in [0.2, 0.25) is 0 Å². The highest BCUT2D eigenvalue weighted by molar-refractivity contribution is 7.91. The quantitative estimate of drug-likeness (QED) is 0.843. The Balaban J connectivity index is 2.60. The molecule has 20 heavy (non-hydrogen) atoms. The molecular formula is C15H32N2O2S. The van der Waals surface area contributed by atoms with Crippen molar-refractivity contribution in [3.8, 4) is 0 Å². The third-order valence-corrected chi connectivity index (χ3v) is 6.20. The van der Waals surface area contributed by atoms with Gasteiger partial charge in [0, 0.05) is 30.4 Å². The van der Waals surface area contributed by atoms with E-state index in [9.17, 15) is 8.42 Å². The molecule has 1 unspecified atom stereocenters. The second-order valence-corrected chi connectivity index (χ2v) is 10.1. The fourth-order valence-electron chi connectivity index (χ4n) is 2.61. The van der Waals surface area contributed by atoms with Crippen molar-refractivity contribution in [2.75, 3.05) is 31.1 Å². The topological polar surface area (TPSA) is 49.4 Å². The van der Waals surface area contributed by atoms with Gasteiger partial charge in [0.2, 0.25) is 0 Å². The van der Waals surface area contributed by atoms with E-state index in [1.807, 2.05) is 0 Å². The molecule has 0 aromatic carbocycles. The van der Waals surface area contributed by atoms with Crippen molar-refractivity contribution < 1.29 is 8.42 Å². The molecule has 1 aliphatic rings. The van der Waals surface area contributed by atoms with Gasteiger partial charge in [0.25, 0.3) is 0 Å². The lowest BCUT2D eigenvalue weighted by atomic mass is 9.83. The molecule has 0 amide bonds. The van der Waals surface area contributed by atoms with Gasteiger partial charge in [0.1, 0.15) is 9.84 Å². The summed E-state index contributed by atoms with van der Waals surface area (Å²) in [7, 11) is -2.84. The fraction of sp³-hybridized carbons (Fsp3) is 1.00. The molecule has 0 saturated carbocycles. The summed E-state index contributed by atoms with van der Waals surface area (Å²) in [5.74, 6) is 0.562. The van der Waals surface area contributed by atoms with Crippen molar-refractivity contribution >= 4 is 9.84 Å². The third-order valence-electron chi connectivity index (χ3n) is 4.41. The zero-order valence-corrected chi connectivity index (χ0v) is 14.8. The second kappa shape index (κ2) is 6.32. The molecule has 5 heteroatoms. The van der Waals surface area contributed by atoms with E-state index in [-0.39, 0.29) is 16.7 Å². The van der Waals surface area contributed by atoms with Crippen molar-refractivity contribution in [2.24, 2.45) is 5.41 Å². The Bertz CT molecular complexity index is 410. The lowest BCUT2D eigenvalue weighted by Crippen LogP contribution is -2.64. The van der Waals surface area contributed by atoms with Crippen LogP contribution in [0.25, 0.3) is 0 Å². The molecule has 4 nitrogen and oxygen atoms in total. The maximum absolute atomic E-state index is 11.6. The van der Waals surface area contributed by atoms with Gasteiger partial charge in [0.05, 0.1) is 5.75 Å². The Morgan fingerprint density at radius 3 is 2.40 bits per heavy atom. The molecule has 0 bridgehead atoms. The SMILES string of the molecule is CCS(=O)(=O)CCCN1CC(C(C)(C)C)NCC1(C)C. The number of nitrogens with one attached hydrogen (secondary N) is 1. The molecule has 0 radical (unpaired) electrons. The normalized spacial score (nSPS) is 24.8. The molecule has 0 aromatic rings. The standard InChI is InChI=1S/C15H32N2O2S/c1-7-20(18,19)10-8-9-17-11-13(14(2,3)4)16-12-15(17,5)6/h13,16H,7-12H2,1-6H3. The van der Waals surface area contributed by atoms with Gasteiger partial charge in [0.15, 0.2) is 0 Å². The van der Waals surface area contributed by atoms with Gasteiger partial charge in [-0.2, -0.15) is 0 Å².